The zero-order chi connectivity index (χ0) is 15.3. The number of pyridine rings is 2. The van der Waals surface area contributed by atoms with E-state index in [1.165, 1.54) is 0 Å². The molecule has 0 radical (unpaired) electrons. The number of benzene rings is 2. The Morgan fingerprint density at radius 3 is 2.64 bits per heavy atom. The predicted octanol–water partition coefficient (Wildman–Crippen LogP) is 3.75. The fraction of sp³-hybridized carbons (Fsp3) is 0.105. The van der Waals surface area contributed by atoms with Crippen molar-refractivity contribution in [1.82, 2.24) is 0 Å². The summed E-state index contributed by atoms with van der Waals surface area (Å²) in [6, 6.07) is 14.0. The Bertz CT molecular complexity index is 1040. The number of aromatic hydroxyl groups is 1. The van der Waals surface area contributed by atoms with Gasteiger partial charge in [-0.15, -0.1) is 0 Å². The van der Waals surface area contributed by atoms with Crippen LogP contribution in [0, 0.1) is 6.92 Å². The molecular formula is C19H16NO2+. The van der Waals surface area contributed by atoms with E-state index in [-0.39, 0.29) is 0 Å². The molecule has 108 valence electrons. The lowest BCUT2D eigenvalue weighted by atomic mass is 10.0. The molecule has 2 heterocycles. The van der Waals surface area contributed by atoms with E-state index in [0.717, 1.165) is 38.4 Å². The van der Waals surface area contributed by atoms with Gasteiger partial charge in [-0.2, -0.15) is 4.40 Å². The van der Waals surface area contributed by atoms with Gasteiger partial charge in [-0.05, 0) is 42.1 Å². The molecule has 0 saturated heterocycles. The number of hydrogen-bond donors (Lipinski definition) is 1. The predicted molar refractivity (Wildman–Crippen MR) is 87.6 cm³/mol. The van der Waals surface area contributed by atoms with Crippen LogP contribution in [-0.4, -0.2) is 12.2 Å². The fourth-order valence-electron chi connectivity index (χ4n) is 3.02. The summed E-state index contributed by atoms with van der Waals surface area (Å²) in [5.41, 5.74) is 2.27. The van der Waals surface area contributed by atoms with Crippen molar-refractivity contribution in [1.29, 1.82) is 0 Å². The van der Waals surface area contributed by atoms with Crippen molar-refractivity contribution in [3.8, 4) is 11.5 Å². The molecule has 0 saturated carbocycles. The minimum atomic E-state index is 0.310. The number of ether oxygens (including phenoxy) is 1. The first kappa shape index (κ1) is 12.9. The number of rotatable bonds is 1. The Hall–Kier alpha value is -2.81. The van der Waals surface area contributed by atoms with Gasteiger partial charge in [0.05, 0.1) is 17.9 Å². The Morgan fingerprint density at radius 2 is 1.82 bits per heavy atom. The summed E-state index contributed by atoms with van der Waals surface area (Å²) in [6.07, 6.45) is 4.00. The largest absolute Gasteiger partial charge is 0.507 e. The third kappa shape index (κ3) is 1.79. The van der Waals surface area contributed by atoms with Crippen molar-refractivity contribution in [2.75, 3.05) is 7.11 Å². The Labute approximate surface area is 128 Å². The Morgan fingerprint density at radius 1 is 0.955 bits per heavy atom. The van der Waals surface area contributed by atoms with Crippen molar-refractivity contribution >= 4 is 27.1 Å². The molecule has 0 atom stereocenters. The van der Waals surface area contributed by atoms with Crippen LogP contribution < -0.4 is 9.14 Å². The summed E-state index contributed by atoms with van der Waals surface area (Å²) >= 11 is 0. The number of fused-ring (bicyclic) bond motifs is 4. The molecule has 4 aromatic rings. The fourth-order valence-corrected chi connectivity index (χ4v) is 3.02. The third-order valence-electron chi connectivity index (χ3n) is 4.26. The van der Waals surface area contributed by atoms with Crippen LogP contribution in [0.4, 0.5) is 0 Å². The normalized spacial score (nSPS) is 11.4. The Balaban J connectivity index is 2.17. The number of phenols is 1. The SMILES string of the molecule is COc1ccc2c(cc[n+]3cc4c(O)ccc(C)c4cc23)c1. The number of methoxy groups -OCH3 is 1. The lowest BCUT2D eigenvalue weighted by molar-refractivity contribution is -0.509. The van der Waals surface area contributed by atoms with Crippen LogP contribution in [0.15, 0.2) is 54.9 Å². The van der Waals surface area contributed by atoms with E-state index in [0.29, 0.717) is 5.75 Å². The second kappa shape index (κ2) is 4.60. The van der Waals surface area contributed by atoms with Crippen LogP contribution in [-0.2, 0) is 0 Å². The van der Waals surface area contributed by atoms with Crippen molar-refractivity contribution in [2.24, 2.45) is 0 Å². The standard InChI is InChI=1S/C19H15NO2/c1-12-3-6-19(21)17-11-20-8-7-13-9-14(22-2)4-5-15(13)18(20)10-16(12)17/h3-11H,1-2H3/p+1. The van der Waals surface area contributed by atoms with Crippen LogP contribution in [0.2, 0.25) is 0 Å². The molecular weight excluding hydrogens is 274 g/mol. The van der Waals surface area contributed by atoms with Crippen molar-refractivity contribution in [3.63, 3.8) is 0 Å². The van der Waals surface area contributed by atoms with E-state index in [1.807, 2.05) is 30.6 Å². The van der Waals surface area contributed by atoms with Gasteiger partial charge in [0.1, 0.15) is 11.5 Å². The highest BCUT2D eigenvalue weighted by Crippen LogP contribution is 2.29. The Kier molecular flexibility index (Phi) is 2.70. The van der Waals surface area contributed by atoms with E-state index in [1.54, 1.807) is 13.2 Å². The van der Waals surface area contributed by atoms with Gasteiger partial charge in [-0.3, -0.25) is 0 Å². The zero-order valence-corrected chi connectivity index (χ0v) is 12.5. The number of phenolic OH excluding ortho intramolecular Hbond substituents is 1. The number of aromatic nitrogens is 1. The molecule has 3 heteroatoms. The average molecular weight is 290 g/mol. The minimum absolute atomic E-state index is 0.310. The third-order valence-corrected chi connectivity index (χ3v) is 4.26. The minimum Gasteiger partial charge on any atom is -0.507 e. The van der Waals surface area contributed by atoms with E-state index < -0.39 is 0 Å². The van der Waals surface area contributed by atoms with Crippen LogP contribution in [0.3, 0.4) is 0 Å². The van der Waals surface area contributed by atoms with Gasteiger partial charge in [0, 0.05) is 17.5 Å². The average Bonchev–Trinajstić information content (AvgIpc) is 2.56. The topological polar surface area (TPSA) is 33.6 Å². The molecule has 2 aromatic carbocycles. The summed E-state index contributed by atoms with van der Waals surface area (Å²) in [4.78, 5) is 0. The van der Waals surface area contributed by atoms with E-state index >= 15 is 0 Å². The van der Waals surface area contributed by atoms with Crippen molar-refractivity contribution in [3.05, 3.63) is 60.4 Å². The van der Waals surface area contributed by atoms with Gasteiger partial charge < -0.3 is 9.84 Å². The molecule has 2 aromatic heterocycles. The van der Waals surface area contributed by atoms with Crippen LogP contribution in [0.25, 0.3) is 27.1 Å². The number of nitrogens with zero attached hydrogens (tertiary/aromatic N) is 1. The van der Waals surface area contributed by atoms with Gasteiger partial charge in [0.15, 0.2) is 12.4 Å². The summed E-state index contributed by atoms with van der Waals surface area (Å²) in [6.45, 7) is 2.06. The lowest BCUT2D eigenvalue weighted by Gasteiger charge is -2.06. The highest BCUT2D eigenvalue weighted by atomic mass is 16.5. The van der Waals surface area contributed by atoms with Gasteiger partial charge >= 0.3 is 0 Å². The van der Waals surface area contributed by atoms with Crippen LogP contribution in [0.1, 0.15) is 5.56 Å². The second-order valence-electron chi connectivity index (χ2n) is 5.56. The summed E-state index contributed by atoms with van der Waals surface area (Å²) in [5, 5.41) is 14.3. The molecule has 0 unspecified atom stereocenters. The molecule has 0 aliphatic heterocycles. The van der Waals surface area contributed by atoms with E-state index in [9.17, 15) is 5.11 Å². The first-order chi connectivity index (χ1) is 10.7. The van der Waals surface area contributed by atoms with Gasteiger partial charge in [-0.1, -0.05) is 6.07 Å². The first-order valence-corrected chi connectivity index (χ1v) is 7.21. The molecule has 0 bridgehead atoms. The monoisotopic (exact) mass is 290 g/mol. The maximum atomic E-state index is 10.1. The van der Waals surface area contributed by atoms with E-state index in [2.05, 4.69) is 29.5 Å². The maximum Gasteiger partial charge on any atom is 0.219 e. The second-order valence-corrected chi connectivity index (χ2v) is 5.56. The van der Waals surface area contributed by atoms with Gasteiger partial charge in [-0.25, -0.2) is 0 Å². The smallest absolute Gasteiger partial charge is 0.219 e. The summed E-state index contributed by atoms with van der Waals surface area (Å²) in [7, 11) is 1.68. The quantitative estimate of drug-likeness (QED) is 0.329. The number of hydrogen-bond acceptors (Lipinski definition) is 2. The molecule has 4 rings (SSSR count). The van der Waals surface area contributed by atoms with Gasteiger partial charge in [0.2, 0.25) is 5.52 Å². The highest BCUT2D eigenvalue weighted by molar-refractivity contribution is 5.99. The molecule has 0 amide bonds. The molecule has 0 aliphatic carbocycles. The molecule has 0 fully saturated rings. The van der Waals surface area contributed by atoms with Crippen LogP contribution >= 0.6 is 0 Å². The van der Waals surface area contributed by atoms with Gasteiger partial charge in [0.25, 0.3) is 0 Å². The summed E-state index contributed by atoms with van der Waals surface area (Å²) < 4.78 is 7.35. The van der Waals surface area contributed by atoms with Crippen molar-refractivity contribution in [2.45, 2.75) is 6.92 Å². The number of aryl methyl sites for hydroxylation is 1. The molecule has 0 spiro atoms. The van der Waals surface area contributed by atoms with E-state index in [4.69, 9.17) is 4.74 Å². The molecule has 3 nitrogen and oxygen atoms in total. The highest BCUT2D eigenvalue weighted by Gasteiger charge is 2.13. The zero-order valence-electron chi connectivity index (χ0n) is 12.5. The molecule has 0 aliphatic rings. The molecule has 1 N–H and O–H groups in total. The van der Waals surface area contributed by atoms with Crippen LogP contribution in [0.5, 0.6) is 11.5 Å². The maximum absolute atomic E-state index is 10.1. The lowest BCUT2D eigenvalue weighted by Crippen LogP contribution is -2.20. The summed E-state index contributed by atoms with van der Waals surface area (Å²) in [5.74, 6) is 1.16. The molecule has 22 heavy (non-hydrogen) atoms. The first-order valence-electron chi connectivity index (χ1n) is 7.21. The van der Waals surface area contributed by atoms with Crippen molar-refractivity contribution < 1.29 is 14.2 Å².